The summed E-state index contributed by atoms with van der Waals surface area (Å²) in [5, 5.41) is 11.2. The SMILES string of the molecule is O=C(CCn1cc(Cl)cn1)Nc1cnn(Cc2cccc(C(F)(F)F)c2)c1. The van der Waals surface area contributed by atoms with Crippen LogP contribution in [-0.2, 0) is 24.1 Å². The highest BCUT2D eigenvalue weighted by molar-refractivity contribution is 6.30. The smallest absolute Gasteiger partial charge is 0.323 e. The molecule has 0 aliphatic carbocycles. The molecule has 1 amide bonds. The summed E-state index contributed by atoms with van der Waals surface area (Å²) in [6, 6.07) is 5.04. The van der Waals surface area contributed by atoms with Crippen LogP contribution in [0.15, 0.2) is 49.1 Å². The topological polar surface area (TPSA) is 64.7 Å². The summed E-state index contributed by atoms with van der Waals surface area (Å²) < 4.78 is 41.3. The number of rotatable bonds is 6. The predicted octanol–water partition coefficient (Wildman–Crippen LogP) is 3.83. The Kier molecular flexibility index (Phi) is 5.50. The van der Waals surface area contributed by atoms with Crippen LogP contribution in [-0.4, -0.2) is 25.5 Å². The Bertz CT molecular complexity index is 935. The summed E-state index contributed by atoms with van der Waals surface area (Å²) in [5.41, 5.74) is 0.214. The van der Waals surface area contributed by atoms with Crippen molar-refractivity contribution >= 4 is 23.2 Å². The molecule has 1 aromatic carbocycles. The number of halogens is 4. The Hall–Kier alpha value is -2.81. The molecule has 0 saturated carbocycles. The highest BCUT2D eigenvalue weighted by Gasteiger charge is 2.30. The van der Waals surface area contributed by atoms with Crippen LogP contribution in [0.3, 0.4) is 0 Å². The van der Waals surface area contributed by atoms with Crippen molar-refractivity contribution in [3.8, 4) is 0 Å². The van der Waals surface area contributed by atoms with E-state index in [2.05, 4.69) is 15.5 Å². The van der Waals surface area contributed by atoms with Gasteiger partial charge >= 0.3 is 6.18 Å². The summed E-state index contributed by atoms with van der Waals surface area (Å²) >= 11 is 5.75. The summed E-state index contributed by atoms with van der Waals surface area (Å²) in [4.78, 5) is 12.0. The van der Waals surface area contributed by atoms with Crippen molar-refractivity contribution in [1.82, 2.24) is 19.6 Å². The number of nitrogens with one attached hydrogen (secondary N) is 1. The van der Waals surface area contributed by atoms with Gasteiger partial charge in [0.1, 0.15) is 0 Å². The van der Waals surface area contributed by atoms with Crippen LogP contribution in [0.5, 0.6) is 0 Å². The number of carbonyl (C=O) groups excluding carboxylic acids is 1. The van der Waals surface area contributed by atoms with E-state index in [9.17, 15) is 18.0 Å². The van der Waals surface area contributed by atoms with Crippen molar-refractivity contribution in [1.29, 1.82) is 0 Å². The lowest BCUT2D eigenvalue weighted by Gasteiger charge is -2.08. The van der Waals surface area contributed by atoms with Gasteiger partial charge in [-0.15, -0.1) is 0 Å². The molecule has 0 spiro atoms. The van der Waals surface area contributed by atoms with E-state index in [1.807, 2.05) is 0 Å². The molecule has 0 radical (unpaired) electrons. The first-order valence-electron chi connectivity index (χ1n) is 7.96. The number of aryl methyl sites for hydroxylation is 1. The molecule has 10 heteroatoms. The molecule has 0 saturated heterocycles. The molecular formula is C17H15ClF3N5O. The van der Waals surface area contributed by atoms with Crippen LogP contribution in [0.1, 0.15) is 17.5 Å². The zero-order valence-electron chi connectivity index (χ0n) is 13.9. The molecule has 0 bridgehead atoms. The fraction of sp³-hybridized carbons (Fsp3) is 0.235. The van der Waals surface area contributed by atoms with Gasteiger partial charge in [-0.2, -0.15) is 23.4 Å². The Morgan fingerprint density at radius 1 is 1.15 bits per heavy atom. The third kappa shape index (κ3) is 5.33. The van der Waals surface area contributed by atoms with Crippen molar-refractivity contribution in [2.45, 2.75) is 25.7 Å². The highest BCUT2D eigenvalue weighted by atomic mass is 35.5. The standard InChI is InChI=1S/C17H15ClF3N5O/c18-14-7-22-25(10-14)5-4-16(27)24-15-8-23-26(11-15)9-12-2-1-3-13(6-12)17(19,20)21/h1-3,6-8,10-11H,4-5,9H2,(H,24,27). The maximum atomic E-state index is 12.8. The van der Waals surface area contributed by atoms with Gasteiger partial charge in [-0.05, 0) is 17.7 Å². The Morgan fingerprint density at radius 2 is 1.93 bits per heavy atom. The van der Waals surface area contributed by atoms with E-state index in [-0.39, 0.29) is 18.9 Å². The monoisotopic (exact) mass is 397 g/mol. The molecule has 6 nitrogen and oxygen atoms in total. The van der Waals surface area contributed by atoms with Crippen LogP contribution in [0, 0.1) is 0 Å². The predicted molar refractivity (Wildman–Crippen MR) is 93.3 cm³/mol. The average molecular weight is 398 g/mol. The minimum Gasteiger partial charge on any atom is -0.323 e. The van der Waals surface area contributed by atoms with Crippen molar-refractivity contribution in [3.63, 3.8) is 0 Å². The Labute approximate surface area is 157 Å². The molecule has 3 rings (SSSR count). The van der Waals surface area contributed by atoms with Crippen molar-refractivity contribution < 1.29 is 18.0 Å². The highest BCUT2D eigenvalue weighted by Crippen LogP contribution is 2.29. The minimum atomic E-state index is -4.39. The maximum Gasteiger partial charge on any atom is 0.416 e. The molecule has 0 fully saturated rings. The molecule has 3 aromatic rings. The van der Waals surface area contributed by atoms with Gasteiger partial charge < -0.3 is 5.32 Å². The molecule has 2 heterocycles. The lowest BCUT2D eigenvalue weighted by molar-refractivity contribution is -0.137. The maximum absolute atomic E-state index is 12.8. The lowest BCUT2D eigenvalue weighted by atomic mass is 10.1. The quantitative estimate of drug-likeness (QED) is 0.687. The molecule has 142 valence electrons. The normalized spacial score (nSPS) is 11.6. The van der Waals surface area contributed by atoms with Crippen LogP contribution >= 0.6 is 11.6 Å². The van der Waals surface area contributed by atoms with Gasteiger partial charge in [-0.25, -0.2) is 0 Å². The number of amides is 1. The fourth-order valence-corrected chi connectivity index (χ4v) is 2.60. The number of aromatic nitrogens is 4. The van der Waals surface area contributed by atoms with Crippen LogP contribution < -0.4 is 5.32 Å². The van der Waals surface area contributed by atoms with Crippen LogP contribution in [0.4, 0.5) is 18.9 Å². The number of hydrogen-bond acceptors (Lipinski definition) is 3. The number of hydrogen-bond donors (Lipinski definition) is 1. The third-order valence-electron chi connectivity index (χ3n) is 3.69. The molecule has 1 N–H and O–H groups in total. The zero-order valence-corrected chi connectivity index (χ0v) is 14.7. The number of anilines is 1. The Morgan fingerprint density at radius 3 is 2.63 bits per heavy atom. The van der Waals surface area contributed by atoms with Gasteiger partial charge in [-0.3, -0.25) is 14.2 Å². The van der Waals surface area contributed by atoms with E-state index < -0.39 is 11.7 Å². The second-order valence-corrected chi connectivity index (χ2v) is 6.28. The second kappa shape index (κ2) is 7.83. The first-order chi connectivity index (χ1) is 12.8. The molecule has 2 aromatic heterocycles. The van der Waals surface area contributed by atoms with Gasteiger partial charge in [0.25, 0.3) is 0 Å². The molecule has 0 aliphatic rings. The largest absolute Gasteiger partial charge is 0.416 e. The third-order valence-corrected chi connectivity index (χ3v) is 3.88. The fourth-order valence-electron chi connectivity index (χ4n) is 2.45. The minimum absolute atomic E-state index is 0.158. The first kappa shape index (κ1) is 19.0. The van der Waals surface area contributed by atoms with Crippen LogP contribution in [0.25, 0.3) is 0 Å². The van der Waals surface area contributed by atoms with E-state index in [0.29, 0.717) is 22.8 Å². The van der Waals surface area contributed by atoms with E-state index >= 15 is 0 Å². The number of nitrogens with zero attached hydrogens (tertiary/aromatic N) is 4. The first-order valence-corrected chi connectivity index (χ1v) is 8.34. The average Bonchev–Trinajstić information content (AvgIpc) is 3.21. The van der Waals surface area contributed by atoms with Gasteiger partial charge in [0.15, 0.2) is 0 Å². The number of alkyl halides is 3. The molecule has 0 unspecified atom stereocenters. The van der Waals surface area contributed by atoms with E-state index in [4.69, 9.17) is 11.6 Å². The molecule has 0 atom stereocenters. The number of benzene rings is 1. The summed E-state index contributed by atoms with van der Waals surface area (Å²) in [6.45, 7) is 0.530. The zero-order chi connectivity index (χ0) is 19.4. The van der Waals surface area contributed by atoms with Gasteiger partial charge in [0.05, 0.1) is 35.2 Å². The number of carbonyl (C=O) groups is 1. The summed E-state index contributed by atoms with van der Waals surface area (Å²) in [6.07, 6.45) is 1.90. The lowest BCUT2D eigenvalue weighted by Crippen LogP contribution is -2.14. The van der Waals surface area contributed by atoms with Gasteiger partial charge in [0.2, 0.25) is 5.91 Å². The summed E-state index contributed by atoms with van der Waals surface area (Å²) in [7, 11) is 0. The van der Waals surface area contributed by atoms with Gasteiger partial charge in [-0.1, -0.05) is 23.7 Å². The summed E-state index contributed by atoms with van der Waals surface area (Å²) in [5.74, 6) is -0.236. The van der Waals surface area contributed by atoms with Gasteiger partial charge in [0, 0.05) is 25.4 Å². The van der Waals surface area contributed by atoms with E-state index in [1.165, 1.54) is 23.1 Å². The van der Waals surface area contributed by atoms with E-state index in [0.717, 1.165) is 12.1 Å². The molecule has 0 aliphatic heterocycles. The van der Waals surface area contributed by atoms with Crippen molar-refractivity contribution in [3.05, 3.63) is 65.2 Å². The van der Waals surface area contributed by atoms with Crippen molar-refractivity contribution in [2.24, 2.45) is 0 Å². The molecule has 27 heavy (non-hydrogen) atoms. The van der Waals surface area contributed by atoms with E-state index in [1.54, 1.807) is 23.1 Å². The van der Waals surface area contributed by atoms with Crippen molar-refractivity contribution in [2.75, 3.05) is 5.32 Å². The Balaban J connectivity index is 1.56. The van der Waals surface area contributed by atoms with Crippen LogP contribution in [0.2, 0.25) is 5.02 Å². The second-order valence-electron chi connectivity index (χ2n) is 5.84. The molecular weight excluding hydrogens is 383 g/mol.